The normalized spacial score (nSPS) is 22.0. The van der Waals surface area contributed by atoms with Crippen LogP contribution < -0.4 is 0 Å². The van der Waals surface area contributed by atoms with E-state index in [2.05, 4.69) is 21.8 Å². The summed E-state index contributed by atoms with van der Waals surface area (Å²) in [6, 6.07) is 0. The van der Waals surface area contributed by atoms with Gasteiger partial charge in [0, 0.05) is 0 Å². The lowest BCUT2D eigenvalue weighted by atomic mass is 10.3. The van der Waals surface area contributed by atoms with E-state index in [0.717, 1.165) is 0 Å². The van der Waals surface area contributed by atoms with E-state index in [1.54, 1.807) is 0 Å². The molecule has 0 unspecified atom stereocenters. The van der Waals surface area contributed by atoms with Crippen LogP contribution in [0.15, 0.2) is 10.2 Å². The van der Waals surface area contributed by atoms with Gasteiger partial charge >= 0.3 is 17.2 Å². The Balaban J connectivity index is 2.83. The molecule has 1 rings (SSSR count). The van der Waals surface area contributed by atoms with Crippen molar-refractivity contribution in [1.29, 1.82) is 0 Å². The van der Waals surface area contributed by atoms with Gasteiger partial charge in [0.05, 0.1) is 0 Å². The molecule has 0 fully saturated rings. The molecule has 0 saturated carbocycles. The van der Waals surface area contributed by atoms with Gasteiger partial charge in [0.15, 0.2) is 0 Å². The lowest BCUT2D eigenvalue weighted by Crippen LogP contribution is -2.46. The van der Waals surface area contributed by atoms with Crippen LogP contribution >= 0.6 is 11.6 Å². The molecule has 64 valence electrons. The van der Waals surface area contributed by atoms with E-state index in [0.29, 0.717) is 0 Å². The third-order valence-corrected chi connectivity index (χ3v) is 1.42. The fraction of sp³-hybridized carbons (Fsp3) is 1.00. The van der Waals surface area contributed by atoms with Crippen molar-refractivity contribution in [2.45, 2.75) is 17.2 Å². The average Bonchev–Trinajstić information content (AvgIpc) is 2.45. The number of nitrogens with zero attached hydrogens (tertiary/aromatic N) is 2. The molecule has 0 saturated heterocycles. The van der Waals surface area contributed by atoms with Gasteiger partial charge in [0.1, 0.15) is 0 Å². The van der Waals surface area contributed by atoms with Crippen molar-refractivity contribution < 1.29 is 22.0 Å². The molecule has 0 bridgehead atoms. The molecule has 0 spiro atoms. The topological polar surface area (TPSA) is 24.7 Å². The Morgan fingerprint density at radius 2 is 1.36 bits per heavy atom. The zero-order valence-electron chi connectivity index (χ0n) is 4.66. The summed E-state index contributed by atoms with van der Waals surface area (Å²) < 4.78 is 58.4. The van der Waals surface area contributed by atoms with Crippen molar-refractivity contribution in [3.8, 4) is 0 Å². The Kier molecular flexibility index (Phi) is 1.43. The fourth-order valence-electron chi connectivity index (χ4n) is 0.350. The third-order valence-electron chi connectivity index (χ3n) is 1.03. The second-order valence-electron chi connectivity index (χ2n) is 1.86. The van der Waals surface area contributed by atoms with E-state index < -0.39 is 17.2 Å². The smallest absolute Gasteiger partial charge is 0.189 e. The van der Waals surface area contributed by atoms with Gasteiger partial charge in [-0.3, -0.25) is 0 Å². The number of alkyl halides is 6. The van der Waals surface area contributed by atoms with Crippen LogP contribution in [0.5, 0.6) is 0 Å². The minimum atomic E-state index is -5.71. The van der Waals surface area contributed by atoms with Gasteiger partial charge in [0.2, 0.25) is 0 Å². The molecule has 8 heteroatoms. The molecule has 1 aliphatic rings. The number of halogens is 6. The molecule has 0 radical (unpaired) electrons. The van der Waals surface area contributed by atoms with Crippen molar-refractivity contribution in [2.75, 3.05) is 0 Å². The number of hydrogen-bond acceptors (Lipinski definition) is 2. The summed E-state index contributed by atoms with van der Waals surface area (Å²) in [6.07, 6.45) is -5.71. The first-order valence-electron chi connectivity index (χ1n) is 2.28. The van der Waals surface area contributed by atoms with Crippen molar-refractivity contribution in [3.05, 3.63) is 0 Å². The standard InChI is InChI=1S/C3ClF5N2/c4-2(10-11-2)1(5,6)3(7,8)9. The van der Waals surface area contributed by atoms with Crippen molar-refractivity contribution in [2.24, 2.45) is 10.2 Å². The Hall–Kier alpha value is -0.460. The van der Waals surface area contributed by atoms with Gasteiger partial charge in [0.25, 0.3) is 0 Å². The molecule has 0 atom stereocenters. The maximum atomic E-state index is 12.1. The zero-order valence-corrected chi connectivity index (χ0v) is 5.42. The average molecular weight is 194 g/mol. The number of hydrogen-bond donors (Lipinski definition) is 0. The summed E-state index contributed by atoms with van der Waals surface area (Å²) in [6.45, 7) is 0. The number of rotatable bonds is 1. The van der Waals surface area contributed by atoms with Crippen LogP contribution in [0.2, 0.25) is 0 Å². The Morgan fingerprint density at radius 1 is 1.00 bits per heavy atom. The molecule has 2 nitrogen and oxygen atoms in total. The summed E-state index contributed by atoms with van der Waals surface area (Å²) >= 11 is 4.62. The molecule has 0 aromatic heterocycles. The fourth-order valence-corrected chi connectivity index (χ4v) is 0.495. The van der Waals surface area contributed by atoms with Crippen LogP contribution in [0.4, 0.5) is 22.0 Å². The maximum Gasteiger partial charge on any atom is 0.459 e. The van der Waals surface area contributed by atoms with Crippen molar-refractivity contribution in [3.63, 3.8) is 0 Å². The maximum absolute atomic E-state index is 12.1. The Labute approximate surface area is 62.0 Å². The zero-order chi connectivity index (χ0) is 8.91. The largest absolute Gasteiger partial charge is 0.459 e. The van der Waals surface area contributed by atoms with Crippen LogP contribution in [-0.4, -0.2) is 17.2 Å². The summed E-state index contributed by atoms with van der Waals surface area (Å²) in [5.41, 5.74) is 0. The summed E-state index contributed by atoms with van der Waals surface area (Å²) in [4.78, 5) is 0. The summed E-state index contributed by atoms with van der Waals surface area (Å²) in [5, 5.41) is 1.68. The van der Waals surface area contributed by atoms with Gasteiger partial charge in [-0.25, -0.2) is 0 Å². The minimum absolute atomic E-state index is 2.39. The highest BCUT2D eigenvalue weighted by atomic mass is 35.5. The van der Waals surface area contributed by atoms with Gasteiger partial charge in [-0.05, 0) is 0 Å². The van der Waals surface area contributed by atoms with Crippen LogP contribution in [0.3, 0.4) is 0 Å². The monoisotopic (exact) mass is 194 g/mol. The van der Waals surface area contributed by atoms with Crippen LogP contribution in [0, 0.1) is 0 Å². The van der Waals surface area contributed by atoms with Gasteiger partial charge in [-0.1, -0.05) is 11.6 Å². The van der Waals surface area contributed by atoms with Crippen LogP contribution in [-0.2, 0) is 0 Å². The Bertz CT molecular complexity index is 195. The van der Waals surface area contributed by atoms with Gasteiger partial charge in [-0.15, -0.1) is 10.2 Å². The first-order valence-corrected chi connectivity index (χ1v) is 2.66. The van der Waals surface area contributed by atoms with E-state index in [9.17, 15) is 22.0 Å². The SMILES string of the molecule is FC(F)(F)C(F)(F)C1(Cl)N=N1. The van der Waals surface area contributed by atoms with Gasteiger partial charge in [-0.2, -0.15) is 22.0 Å². The molecule has 0 N–H and O–H groups in total. The van der Waals surface area contributed by atoms with E-state index >= 15 is 0 Å². The minimum Gasteiger partial charge on any atom is -0.189 e. The quantitative estimate of drug-likeness (QED) is 0.348. The first-order chi connectivity index (χ1) is 4.71. The lowest BCUT2D eigenvalue weighted by Gasteiger charge is -2.19. The molecular weight excluding hydrogens is 194 g/mol. The van der Waals surface area contributed by atoms with Crippen molar-refractivity contribution in [1.82, 2.24) is 0 Å². The van der Waals surface area contributed by atoms with Crippen molar-refractivity contribution >= 4 is 11.6 Å². The molecule has 1 aliphatic heterocycles. The van der Waals surface area contributed by atoms with E-state index in [4.69, 9.17) is 0 Å². The highest BCUT2D eigenvalue weighted by Gasteiger charge is 2.76. The second-order valence-corrected chi connectivity index (χ2v) is 2.39. The lowest BCUT2D eigenvalue weighted by molar-refractivity contribution is -0.287. The van der Waals surface area contributed by atoms with Crippen LogP contribution in [0.1, 0.15) is 0 Å². The van der Waals surface area contributed by atoms with E-state index in [1.807, 2.05) is 0 Å². The highest BCUT2D eigenvalue weighted by molar-refractivity contribution is 6.25. The van der Waals surface area contributed by atoms with Gasteiger partial charge < -0.3 is 0 Å². The molecular formula is C3ClF5N2. The second kappa shape index (κ2) is 1.82. The molecule has 1 heterocycles. The molecule has 0 aromatic rings. The predicted octanol–water partition coefficient (Wildman–Crippen LogP) is 2.54. The van der Waals surface area contributed by atoms with E-state index in [-0.39, 0.29) is 0 Å². The first kappa shape index (κ1) is 8.63. The van der Waals surface area contributed by atoms with E-state index in [1.165, 1.54) is 0 Å². The molecule has 0 aromatic carbocycles. The highest BCUT2D eigenvalue weighted by Crippen LogP contribution is 2.54. The summed E-state index contributed by atoms with van der Waals surface area (Å²) in [7, 11) is 0. The van der Waals surface area contributed by atoms with Crippen LogP contribution in [0.25, 0.3) is 0 Å². The predicted molar refractivity (Wildman–Crippen MR) is 24.4 cm³/mol. The Morgan fingerprint density at radius 3 is 1.45 bits per heavy atom. The molecule has 11 heavy (non-hydrogen) atoms. The molecule has 0 amide bonds. The molecule has 0 aliphatic carbocycles. The third kappa shape index (κ3) is 1.07. The summed E-state index contributed by atoms with van der Waals surface area (Å²) in [5.74, 6) is -5.08.